The van der Waals surface area contributed by atoms with E-state index in [4.69, 9.17) is 4.74 Å². The van der Waals surface area contributed by atoms with Crippen molar-refractivity contribution in [3.8, 4) is 17.1 Å². The van der Waals surface area contributed by atoms with Crippen molar-refractivity contribution in [1.82, 2.24) is 15.2 Å². The van der Waals surface area contributed by atoms with Crippen LogP contribution in [0.1, 0.15) is 23.6 Å². The lowest BCUT2D eigenvalue weighted by molar-refractivity contribution is -0.115. The second-order valence-corrected chi connectivity index (χ2v) is 8.03. The number of hydrogen-bond donors (Lipinski definition) is 2. The molecule has 3 rings (SSSR count). The number of thioether (sulfide) groups is 1. The standard InChI is InChI=1S/C21H24N4O2S/c1-12-10-13(2)18(14(3)11-12)22-20(26)15(4)28-21-23-19(24-25-21)16-6-8-17(27-5)9-7-16/h6-11,15H,1-5H3,(H,22,26)(H,23,24,25). The van der Waals surface area contributed by atoms with Crippen molar-refractivity contribution in [1.29, 1.82) is 0 Å². The first-order valence-electron chi connectivity index (χ1n) is 8.99. The summed E-state index contributed by atoms with van der Waals surface area (Å²) in [5, 5.41) is 10.4. The molecular weight excluding hydrogens is 372 g/mol. The number of aromatic amines is 1. The molecule has 3 aromatic rings. The lowest BCUT2D eigenvalue weighted by Gasteiger charge is -2.15. The van der Waals surface area contributed by atoms with Gasteiger partial charge in [0.2, 0.25) is 11.1 Å². The third-order valence-corrected chi connectivity index (χ3v) is 5.37. The highest BCUT2D eigenvalue weighted by Gasteiger charge is 2.19. The van der Waals surface area contributed by atoms with Crippen molar-refractivity contribution in [2.45, 2.75) is 38.1 Å². The quantitative estimate of drug-likeness (QED) is 0.599. The van der Waals surface area contributed by atoms with Gasteiger partial charge in [0.25, 0.3) is 0 Å². The highest BCUT2D eigenvalue weighted by molar-refractivity contribution is 8.00. The van der Waals surface area contributed by atoms with E-state index in [0.717, 1.165) is 28.1 Å². The van der Waals surface area contributed by atoms with Gasteiger partial charge in [-0.3, -0.25) is 9.89 Å². The number of carbonyl (C=O) groups excluding carboxylic acids is 1. The van der Waals surface area contributed by atoms with Crippen LogP contribution >= 0.6 is 11.8 Å². The van der Waals surface area contributed by atoms with Crippen molar-refractivity contribution >= 4 is 23.4 Å². The van der Waals surface area contributed by atoms with Gasteiger partial charge in [0.15, 0.2) is 5.82 Å². The van der Waals surface area contributed by atoms with Crippen LogP contribution in [-0.4, -0.2) is 33.4 Å². The van der Waals surface area contributed by atoms with Gasteiger partial charge in [-0.25, -0.2) is 4.98 Å². The minimum Gasteiger partial charge on any atom is -0.497 e. The van der Waals surface area contributed by atoms with Crippen LogP contribution in [0.25, 0.3) is 11.4 Å². The van der Waals surface area contributed by atoms with Crippen LogP contribution in [0.4, 0.5) is 5.69 Å². The Hall–Kier alpha value is -2.80. The number of benzene rings is 2. The maximum atomic E-state index is 12.6. The molecule has 2 aromatic carbocycles. The fraction of sp³-hybridized carbons (Fsp3) is 0.286. The lowest BCUT2D eigenvalue weighted by Crippen LogP contribution is -2.23. The molecule has 0 aliphatic heterocycles. The second-order valence-electron chi connectivity index (χ2n) is 6.72. The Morgan fingerprint density at radius 2 is 1.79 bits per heavy atom. The van der Waals surface area contributed by atoms with E-state index < -0.39 is 0 Å². The number of rotatable bonds is 6. The Morgan fingerprint density at radius 3 is 2.39 bits per heavy atom. The molecule has 0 saturated carbocycles. The van der Waals surface area contributed by atoms with Crippen LogP contribution in [0, 0.1) is 20.8 Å². The highest BCUT2D eigenvalue weighted by Crippen LogP contribution is 2.26. The van der Waals surface area contributed by atoms with E-state index in [1.54, 1.807) is 7.11 Å². The lowest BCUT2D eigenvalue weighted by atomic mass is 10.1. The maximum Gasteiger partial charge on any atom is 0.237 e. The summed E-state index contributed by atoms with van der Waals surface area (Å²) in [6, 6.07) is 11.7. The molecule has 0 aliphatic carbocycles. The average Bonchev–Trinajstić information content (AvgIpc) is 3.13. The first-order valence-corrected chi connectivity index (χ1v) is 9.87. The molecule has 0 spiro atoms. The number of aryl methyl sites for hydroxylation is 3. The van der Waals surface area contributed by atoms with Crippen LogP contribution in [-0.2, 0) is 4.79 Å². The predicted octanol–water partition coefficient (Wildman–Crippen LogP) is 4.52. The maximum absolute atomic E-state index is 12.6. The van der Waals surface area contributed by atoms with E-state index in [9.17, 15) is 4.79 Å². The first-order chi connectivity index (χ1) is 13.4. The molecule has 28 heavy (non-hydrogen) atoms. The fourth-order valence-electron chi connectivity index (χ4n) is 2.99. The number of nitrogens with zero attached hydrogens (tertiary/aromatic N) is 2. The molecule has 0 aliphatic rings. The van der Waals surface area contributed by atoms with Gasteiger partial charge >= 0.3 is 0 Å². The van der Waals surface area contributed by atoms with Gasteiger partial charge < -0.3 is 10.1 Å². The Balaban J connectivity index is 1.67. The largest absolute Gasteiger partial charge is 0.497 e. The summed E-state index contributed by atoms with van der Waals surface area (Å²) in [7, 11) is 1.63. The summed E-state index contributed by atoms with van der Waals surface area (Å²) in [6.07, 6.45) is 0. The molecule has 1 amide bonds. The average molecular weight is 397 g/mol. The zero-order chi connectivity index (χ0) is 20.3. The Labute approximate surface area is 169 Å². The van der Waals surface area contributed by atoms with Crippen LogP contribution in [0.2, 0.25) is 0 Å². The SMILES string of the molecule is COc1ccc(-c2nc(SC(C)C(=O)Nc3c(C)cc(C)cc3C)n[nH]2)cc1. The molecule has 0 saturated heterocycles. The van der Waals surface area contributed by atoms with Gasteiger partial charge in [0, 0.05) is 11.3 Å². The fourth-order valence-corrected chi connectivity index (χ4v) is 3.72. The number of ether oxygens (including phenoxy) is 1. The van der Waals surface area contributed by atoms with E-state index in [1.165, 1.54) is 17.3 Å². The normalized spacial score (nSPS) is 11.9. The topological polar surface area (TPSA) is 79.9 Å². The zero-order valence-corrected chi connectivity index (χ0v) is 17.5. The summed E-state index contributed by atoms with van der Waals surface area (Å²) < 4.78 is 5.17. The molecular formula is C21H24N4O2S. The molecule has 7 heteroatoms. The number of carbonyl (C=O) groups is 1. The number of H-pyrrole nitrogens is 1. The number of methoxy groups -OCH3 is 1. The molecule has 146 valence electrons. The summed E-state index contributed by atoms with van der Waals surface area (Å²) in [5.41, 5.74) is 5.08. The van der Waals surface area contributed by atoms with E-state index >= 15 is 0 Å². The molecule has 0 fully saturated rings. The number of hydrogen-bond acceptors (Lipinski definition) is 5. The zero-order valence-electron chi connectivity index (χ0n) is 16.7. The van der Waals surface area contributed by atoms with Crippen LogP contribution < -0.4 is 10.1 Å². The van der Waals surface area contributed by atoms with Gasteiger partial charge in [-0.05, 0) is 63.1 Å². The Bertz CT molecular complexity index is 959. The van der Waals surface area contributed by atoms with Gasteiger partial charge in [-0.1, -0.05) is 29.5 Å². The Kier molecular flexibility index (Phi) is 6.04. The highest BCUT2D eigenvalue weighted by atomic mass is 32.2. The molecule has 0 bridgehead atoms. The van der Waals surface area contributed by atoms with E-state index in [1.807, 2.05) is 52.0 Å². The molecule has 2 N–H and O–H groups in total. The van der Waals surface area contributed by atoms with Crippen molar-refractivity contribution in [3.63, 3.8) is 0 Å². The van der Waals surface area contributed by atoms with Crippen LogP contribution in [0.15, 0.2) is 41.6 Å². The third-order valence-electron chi connectivity index (χ3n) is 4.40. The van der Waals surface area contributed by atoms with Gasteiger partial charge in [0.05, 0.1) is 12.4 Å². The number of anilines is 1. The number of aromatic nitrogens is 3. The monoisotopic (exact) mass is 396 g/mol. The Morgan fingerprint density at radius 1 is 1.14 bits per heavy atom. The van der Waals surface area contributed by atoms with Gasteiger partial charge in [-0.2, -0.15) is 0 Å². The van der Waals surface area contributed by atoms with Crippen molar-refractivity contribution in [2.24, 2.45) is 0 Å². The van der Waals surface area contributed by atoms with E-state index in [0.29, 0.717) is 11.0 Å². The van der Waals surface area contributed by atoms with E-state index in [2.05, 4.69) is 32.6 Å². The van der Waals surface area contributed by atoms with Gasteiger partial charge in [-0.15, -0.1) is 5.10 Å². The number of amides is 1. The van der Waals surface area contributed by atoms with Gasteiger partial charge in [0.1, 0.15) is 5.75 Å². The second kappa shape index (κ2) is 8.48. The van der Waals surface area contributed by atoms with Crippen molar-refractivity contribution < 1.29 is 9.53 Å². The first kappa shape index (κ1) is 19.9. The predicted molar refractivity (Wildman–Crippen MR) is 113 cm³/mol. The van der Waals surface area contributed by atoms with Crippen molar-refractivity contribution in [2.75, 3.05) is 12.4 Å². The molecule has 1 unspecified atom stereocenters. The third kappa shape index (κ3) is 4.54. The minimum atomic E-state index is -0.334. The summed E-state index contributed by atoms with van der Waals surface area (Å²) in [5.74, 6) is 1.36. The van der Waals surface area contributed by atoms with Crippen LogP contribution in [0.3, 0.4) is 0 Å². The number of nitrogens with one attached hydrogen (secondary N) is 2. The smallest absolute Gasteiger partial charge is 0.237 e. The summed E-state index contributed by atoms with van der Waals surface area (Å²) in [4.78, 5) is 17.1. The summed E-state index contributed by atoms with van der Waals surface area (Å²) in [6.45, 7) is 7.91. The molecule has 1 atom stereocenters. The molecule has 1 aromatic heterocycles. The molecule has 1 heterocycles. The van der Waals surface area contributed by atoms with Crippen LogP contribution in [0.5, 0.6) is 5.75 Å². The minimum absolute atomic E-state index is 0.0733. The molecule has 0 radical (unpaired) electrons. The summed E-state index contributed by atoms with van der Waals surface area (Å²) >= 11 is 1.32. The van der Waals surface area contributed by atoms with E-state index in [-0.39, 0.29) is 11.2 Å². The van der Waals surface area contributed by atoms with Crippen molar-refractivity contribution in [3.05, 3.63) is 53.1 Å². The molecule has 6 nitrogen and oxygen atoms in total.